The van der Waals surface area contributed by atoms with Crippen LogP contribution in [0.2, 0.25) is 5.02 Å². The van der Waals surface area contributed by atoms with E-state index in [1.54, 1.807) is 19.1 Å². The van der Waals surface area contributed by atoms with Gasteiger partial charge in [-0.25, -0.2) is 4.79 Å². The Kier molecular flexibility index (Phi) is 6.42. The van der Waals surface area contributed by atoms with Crippen molar-refractivity contribution in [1.82, 2.24) is 10.6 Å². The number of nitrogens with one attached hydrogen (secondary N) is 2. The second kappa shape index (κ2) is 8.34. The highest BCUT2D eigenvalue weighted by atomic mass is 35.5. The van der Waals surface area contributed by atoms with Gasteiger partial charge in [-0.3, -0.25) is 14.9 Å². The predicted molar refractivity (Wildman–Crippen MR) is 94.4 cm³/mol. The van der Waals surface area contributed by atoms with Crippen LogP contribution in [0.15, 0.2) is 24.3 Å². The lowest BCUT2D eigenvalue weighted by atomic mass is 9.79. The number of amides is 3. The molecule has 1 aliphatic carbocycles. The molecule has 1 aromatic carbocycles. The second-order valence-corrected chi connectivity index (χ2v) is 6.63. The lowest BCUT2D eigenvalue weighted by Gasteiger charge is -2.28. The summed E-state index contributed by atoms with van der Waals surface area (Å²) in [6.07, 6.45) is 2.10. The quantitative estimate of drug-likeness (QED) is 0.785. The Morgan fingerprint density at radius 3 is 2.36 bits per heavy atom. The fourth-order valence-corrected chi connectivity index (χ4v) is 3.23. The number of carbonyl (C=O) groups is 3. The maximum absolute atomic E-state index is 12.8. The Labute approximate surface area is 152 Å². The van der Waals surface area contributed by atoms with Gasteiger partial charge in [0.1, 0.15) is 0 Å². The highest BCUT2D eigenvalue weighted by molar-refractivity contribution is 6.30. The first-order valence-corrected chi connectivity index (χ1v) is 8.82. The van der Waals surface area contributed by atoms with Crippen LogP contribution in [0.5, 0.6) is 0 Å². The molecule has 136 valence electrons. The van der Waals surface area contributed by atoms with Crippen LogP contribution in [0.1, 0.15) is 45.1 Å². The van der Waals surface area contributed by atoms with E-state index >= 15 is 0 Å². The van der Waals surface area contributed by atoms with Gasteiger partial charge in [-0.15, -0.1) is 0 Å². The van der Waals surface area contributed by atoms with E-state index in [4.69, 9.17) is 16.3 Å². The zero-order valence-electron chi connectivity index (χ0n) is 14.4. The van der Waals surface area contributed by atoms with E-state index in [0.29, 0.717) is 24.4 Å². The van der Waals surface area contributed by atoms with Gasteiger partial charge < -0.3 is 10.1 Å². The number of ether oxygens (including phenoxy) is 1. The van der Waals surface area contributed by atoms with Crippen molar-refractivity contribution in [2.45, 2.75) is 51.0 Å². The molecule has 1 aliphatic rings. The van der Waals surface area contributed by atoms with Crippen molar-refractivity contribution < 1.29 is 19.1 Å². The van der Waals surface area contributed by atoms with Gasteiger partial charge in [-0.2, -0.15) is 0 Å². The highest BCUT2D eigenvalue weighted by Gasteiger charge is 2.45. The smallest absolute Gasteiger partial charge is 0.321 e. The maximum Gasteiger partial charge on any atom is 0.321 e. The van der Waals surface area contributed by atoms with Crippen LogP contribution in [-0.2, 0) is 19.7 Å². The fourth-order valence-electron chi connectivity index (χ4n) is 3.10. The van der Waals surface area contributed by atoms with Gasteiger partial charge in [0.2, 0.25) is 0 Å². The molecule has 1 atom stereocenters. The van der Waals surface area contributed by atoms with Crippen molar-refractivity contribution in [2.24, 2.45) is 0 Å². The molecular formula is C18H23ClN2O4. The Morgan fingerprint density at radius 1 is 1.20 bits per heavy atom. The maximum atomic E-state index is 12.8. The lowest BCUT2D eigenvalue weighted by Crippen LogP contribution is -2.46. The SMILES string of the molecule is CCNC(=O)NC(=O)C(C)OC(=O)C1(c2ccc(Cl)cc2)CCCC1. The number of rotatable bonds is 5. The van der Waals surface area contributed by atoms with Crippen LogP contribution in [-0.4, -0.2) is 30.6 Å². The molecule has 3 amide bonds. The van der Waals surface area contributed by atoms with Crippen molar-refractivity contribution in [3.8, 4) is 0 Å². The summed E-state index contributed by atoms with van der Waals surface area (Å²) in [6, 6.07) is 6.54. The molecule has 0 aliphatic heterocycles. The van der Waals surface area contributed by atoms with Crippen LogP contribution in [0, 0.1) is 0 Å². The third-order valence-corrected chi connectivity index (χ3v) is 4.72. The van der Waals surface area contributed by atoms with E-state index in [9.17, 15) is 14.4 Å². The van der Waals surface area contributed by atoms with Gasteiger partial charge in [0.15, 0.2) is 6.10 Å². The van der Waals surface area contributed by atoms with Crippen LogP contribution < -0.4 is 10.6 Å². The van der Waals surface area contributed by atoms with Crippen LogP contribution in [0.25, 0.3) is 0 Å². The molecule has 0 bridgehead atoms. The molecular weight excluding hydrogens is 344 g/mol. The van der Waals surface area contributed by atoms with E-state index < -0.39 is 29.4 Å². The largest absolute Gasteiger partial charge is 0.452 e. The predicted octanol–water partition coefficient (Wildman–Crippen LogP) is 2.93. The average Bonchev–Trinajstić information content (AvgIpc) is 3.06. The molecule has 0 saturated heterocycles. The number of benzene rings is 1. The first kappa shape index (κ1) is 19.2. The monoisotopic (exact) mass is 366 g/mol. The molecule has 7 heteroatoms. The van der Waals surface area contributed by atoms with Crippen molar-refractivity contribution in [1.29, 1.82) is 0 Å². The topological polar surface area (TPSA) is 84.5 Å². The van der Waals surface area contributed by atoms with E-state index in [2.05, 4.69) is 10.6 Å². The molecule has 1 unspecified atom stereocenters. The molecule has 1 aromatic rings. The van der Waals surface area contributed by atoms with Gasteiger partial charge in [-0.05, 0) is 44.4 Å². The standard InChI is InChI=1S/C18H23ClN2O4/c1-3-20-17(24)21-15(22)12(2)25-16(23)18(10-4-5-11-18)13-6-8-14(19)9-7-13/h6-9,12H,3-5,10-11H2,1-2H3,(H2,20,21,22,24). The second-order valence-electron chi connectivity index (χ2n) is 6.19. The molecule has 0 spiro atoms. The average molecular weight is 367 g/mol. The van der Waals surface area contributed by atoms with Gasteiger partial charge in [0.25, 0.3) is 5.91 Å². The minimum absolute atomic E-state index is 0.396. The van der Waals surface area contributed by atoms with Crippen molar-refractivity contribution in [3.05, 3.63) is 34.9 Å². The summed E-state index contributed by atoms with van der Waals surface area (Å²) in [5.41, 5.74) is 0.0842. The number of carbonyl (C=O) groups excluding carboxylic acids is 3. The Morgan fingerprint density at radius 2 is 1.80 bits per heavy atom. The van der Waals surface area contributed by atoms with Crippen molar-refractivity contribution in [3.63, 3.8) is 0 Å². The minimum atomic E-state index is -1.06. The van der Waals surface area contributed by atoms with E-state index in [0.717, 1.165) is 18.4 Å². The van der Waals surface area contributed by atoms with E-state index in [1.165, 1.54) is 6.92 Å². The molecule has 2 rings (SSSR count). The summed E-state index contributed by atoms with van der Waals surface area (Å²) in [6.45, 7) is 3.59. The zero-order valence-corrected chi connectivity index (χ0v) is 15.2. The lowest BCUT2D eigenvalue weighted by molar-refractivity contribution is -0.160. The van der Waals surface area contributed by atoms with Crippen LogP contribution >= 0.6 is 11.6 Å². The molecule has 0 heterocycles. The Balaban J connectivity index is 2.09. The number of hydrogen-bond donors (Lipinski definition) is 2. The summed E-state index contributed by atoms with van der Waals surface area (Å²) in [4.78, 5) is 36.3. The summed E-state index contributed by atoms with van der Waals surface area (Å²) >= 11 is 5.94. The van der Waals surface area contributed by atoms with Gasteiger partial charge in [0, 0.05) is 11.6 Å². The zero-order chi connectivity index (χ0) is 18.4. The molecule has 0 aromatic heterocycles. The van der Waals surface area contributed by atoms with E-state index in [1.807, 2.05) is 12.1 Å². The number of imide groups is 1. The third kappa shape index (κ3) is 4.51. The first-order chi connectivity index (χ1) is 11.9. The summed E-state index contributed by atoms with van der Waals surface area (Å²) in [7, 11) is 0. The van der Waals surface area contributed by atoms with Gasteiger partial charge in [0.05, 0.1) is 5.41 Å². The van der Waals surface area contributed by atoms with Crippen molar-refractivity contribution >= 4 is 29.5 Å². The highest BCUT2D eigenvalue weighted by Crippen LogP contribution is 2.42. The third-order valence-electron chi connectivity index (χ3n) is 4.47. The van der Waals surface area contributed by atoms with Crippen LogP contribution in [0.3, 0.4) is 0 Å². The number of halogens is 1. The minimum Gasteiger partial charge on any atom is -0.452 e. The number of hydrogen-bond acceptors (Lipinski definition) is 4. The van der Waals surface area contributed by atoms with E-state index in [-0.39, 0.29) is 0 Å². The summed E-state index contributed by atoms with van der Waals surface area (Å²) in [5.74, 6) is -1.09. The fraction of sp³-hybridized carbons (Fsp3) is 0.500. The molecule has 2 N–H and O–H groups in total. The summed E-state index contributed by atoms with van der Waals surface area (Å²) < 4.78 is 5.40. The molecule has 25 heavy (non-hydrogen) atoms. The van der Waals surface area contributed by atoms with Crippen LogP contribution in [0.4, 0.5) is 4.79 Å². The first-order valence-electron chi connectivity index (χ1n) is 8.45. The Hall–Kier alpha value is -2.08. The Bertz CT molecular complexity index is 639. The van der Waals surface area contributed by atoms with Gasteiger partial charge in [-0.1, -0.05) is 36.6 Å². The molecule has 0 radical (unpaired) electrons. The normalized spacial score (nSPS) is 16.8. The summed E-state index contributed by atoms with van der Waals surface area (Å²) in [5, 5.41) is 5.20. The molecule has 6 nitrogen and oxygen atoms in total. The molecule has 1 fully saturated rings. The molecule has 1 saturated carbocycles. The number of urea groups is 1. The number of esters is 1. The van der Waals surface area contributed by atoms with Gasteiger partial charge >= 0.3 is 12.0 Å². The van der Waals surface area contributed by atoms with Crippen molar-refractivity contribution in [2.75, 3.05) is 6.54 Å².